The number of phenols is 1. The second-order valence-electron chi connectivity index (χ2n) is 5.03. The normalized spacial score (nSPS) is 10.4. The Morgan fingerprint density at radius 3 is 2.58 bits per heavy atom. The van der Waals surface area contributed by atoms with Gasteiger partial charge in [0.2, 0.25) is 0 Å². The Hall–Kier alpha value is -2.80. The van der Waals surface area contributed by atoms with E-state index in [2.05, 4.69) is 10.6 Å². The standard InChI is InChI=1S/C17H20N2O5/c1-18-17(22)13-9-14(24-10-15(20)19-7-8-23-2)11-5-3-4-6-12(11)16(13)21/h3-6,9,21H,7-8,10H2,1-2H3,(H,18,22)(H,19,20). The summed E-state index contributed by atoms with van der Waals surface area (Å²) in [5.41, 5.74) is 0.0889. The van der Waals surface area contributed by atoms with E-state index in [4.69, 9.17) is 9.47 Å². The van der Waals surface area contributed by atoms with Crippen molar-refractivity contribution in [2.75, 3.05) is 33.9 Å². The molecule has 128 valence electrons. The van der Waals surface area contributed by atoms with Gasteiger partial charge in [0.1, 0.15) is 11.5 Å². The Balaban J connectivity index is 2.27. The molecule has 2 amide bonds. The highest BCUT2D eigenvalue weighted by molar-refractivity contribution is 6.05. The molecule has 0 aliphatic rings. The first-order valence-corrected chi connectivity index (χ1v) is 7.43. The maximum atomic E-state index is 11.9. The average Bonchev–Trinajstić information content (AvgIpc) is 2.61. The summed E-state index contributed by atoms with van der Waals surface area (Å²) in [6, 6.07) is 8.40. The minimum atomic E-state index is -0.437. The number of hydrogen-bond acceptors (Lipinski definition) is 5. The topological polar surface area (TPSA) is 96.9 Å². The summed E-state index contributed by atoms with van der Waals surface area (Å²) in [6.45, 7) is 0.596. The van der Waals surface area contributed by atoms with E-state index in [9.17, 15) is 14.7 Å². The molecule has 0 saturated heterocycles. The van der Waals surface area contributed by atoms with Crippen LogP contribution in [0.4, 0.5) is 0 Å². The predicted molar refractivity (Wildman–Crippen MR) is 89.4 cm³/mol. The lowest BCUT2D eigenvalue weighted by Crippen LogP contribution is -2.31. The molecule has 0 aliphatic heterocycles. The van der Waals surface area contributed by atoms with Crippen molar-refractivity contribution in [2.45, 2.75) is 0 Å². The Bertz CT molecular complexity index is 745. The Kier molecular flexibility index (Phi) is 5.97. The van der Waals surface area contributed by atoms with Gasteiger partial charge in [-0.25, -0.2) is 0 Å². The number of nitrogens with one attached hydrogen (secondary N) is 2. The first-order valence-electron chi connectivity index (χ1n) is 7.43. The molecule has 7 heteroatoms. The summed E-state index contributed by atoms with van der Waals surface area (Å²) >= 11 is 0. The number of ether oxygens (including phenoxy) is 2. The van der Waals surface area contributed by atoms with Crippen LogP contribution in [0.2, 0.25) is 0 Å². The smallest absolute Gasteiger partial charge is 0.258 e. The molecular weight excluding hydrogens is 312 g/mol. The first-order chi connectivity index (χ1) is 11.6. The molecule has 3 N–H and O–H groups in total. The lowest BCUT2D eigenvalue weighted by molar-refractivity contribution is -0.123. The van der Waals surface area contributed by atoms with Crippen molar-refractivity contribution in [1.29, 1.82) is 0 Å². The number of methoxy groups -OCH3 is 1. The number of carbonyl (C=O) groups excluding carboxylic acids is 2. The molecule has 24 heavy (non-hydrogen) atoms. The Morgan fingerprint density at radius 1 is 1.21 bits per heavy atom. The largest absolute Gasteiger partial charge is 0.506 e. The Morgan fingerprint density at radius 2 is 1.92 bits per heavy atom. The average molecular weight is 332 g/mol. The molecular formula is C17H20N2O5. The zero-order valence-electron chi connectivity index (χ0n) is 13.6. The van der Waals surface area contributed by atoms with Crippen LogP contribution in [0.15, 0.2) is 30.3 Å². The van der Waals surface area contributed by atoms with Crippen molar-refractivity contribution in [2.24, 2.45) is 0 Å². The maximum absolute atomic E-state index is 11.9. The van der Waals surface area contributed by atoms with E-state index in [0.717, 1.165) is 0 Å². The summed E-state index contributed by atoms with van der Waals surface area (Å²) in [5.74, 6) is -0.510. The molecule has 0 saturated carbocycles. The zero-order chi connectivity index (χ0) is 17.5. The number of carbonyl (C=O) groups is 2. The van der Waals surface area contributed by atoms with Gasteiger partial charge < -0.3 is 25.2 Å². The minimum Gasteiger partial charge on any atom is -0.506 e. The van der Waals surface area contributed by atoms with Crippen LogP contribution in [0.5, 0.6) is 11.5 Å². The van der Waals surface area contributed by atoms with Crippen molar-refractivity contribution in [3.05, 3.63) is 35.9 Å². The maximum Gasteiger partial charge on any atom is 0.258 e. The molecule has 0 atom stereocenters. The third-order valence-electron chi connectivity index (χ3n) is 3.44. The summed E-state index contributed by atoms with van der Waals surface area (Å²) < 4.78 is 10.4. The highest BCUT2D eigenvalue weighted by Crippen LogP contribution is 2.35. The third-order valence-corrected chi connectivity index (χ3v) is 3.44. The molecule has 0 aliphatic carbocycles. The number of fused-ring (bicyclic) bond motifs is 1. The van der Waals surface area contributed by atoms with Gasteiger partial charge in [-0.3, -0.25) is 9.59 Å². The molecule has 0 fully saturated rings. The Labute approximate surface area is 139 Å². The van der Waals surface area contributed by atoms with Crippen LogP contribution < -0.4 is 15.4 Å². The van der Waals surface area contributed by atoms with Crippen molar-refractivity contribution < 1.29 is 24.2 Å². The van der Waals surface area contributed by atoms with Crippen LogP contribution >= 0.6 is 0 Å². The van der Waals surface area contributed by atoms with Crippen LogP contribution in [-0.4, -0.2) is 50.8 Å². The van der Waals surface area contributed by atoms with E-state index < -0.39 is 5.91 Å². The van der Waals surface area contributed by atoms with Crippen LogP contribution in [0.25, 0.3) is 10.8 Å². The molecule has 7 nitrogen and oxygen atoms in total. The first kappa shape index (κ1) is 17.6. The quantitative estimate of drug-likeness (QED) is 0.659. The predicted octanol–water partition coefficient (Wildman–Crippen LogP) is 1.05. The molecule has 0 spiro atoms. The molecule has 2 aromatic carbocycles. The number of rotatable bonds is 7. The van der Waals surface area contributed by atoms with Gasteiger partial charge in [-0.05, 0) is 6.07 Å². The zero-order valence-corrected chi connectivity index (χ0v) is 13.6. The van der Waals surface area contributed by atoms with Gasteiger partial charge in [0, 0.05) is 31.5 Å². The lowest BCUT2D eigenvalue weighted by Gasteiger charge is -2.13. The molecule has 0 unspecified atom stereocenters. The highest BCUT2D eigenvalue weighted by Gasteiger charge is 2.17. The molecule has 0 heterocycles. The SMILES string of the molecule is CNC(=O)c1cc(OCC(=O)NCCOC)c2ccccc2c1O. The van der Waals surface area contributed by atoms with E-state index in [0.29, 0.717) is 29.7 Å². The van der Waals surface area contributed by atoms with Gasteiger partial charge in [-0.15, -0.1) is 0 Å². The van der Waals surface area contributed by atoms with Crippen molar-refractivity contribution in [1.82, 2.24) is 10.6 Å². The molecule has 2 aromatic rings. The van der Waals surface area contributed by atoms with Crippen LogP contribution in [0, 0.1) is 0 Å². The van der Waals surface area contributed by atoms with E-state index >= 15 is 0 Å². The van der Waals surface area contributed by atoms with Crippen molar-refractivity contribution >= 4 is 22.6 Å². The van der Waals surface area contributed by atoms with Gasteiger partial charge in [-0.2, -0.15) is 0 Å². The summed E-state index contributed by atoms with van der Waals surface area (Å²) in [6.07, 6.45) is 0. The van der Waals surface area contributed by atoms with Gasteiger partial charge >= 0.3 is 0 Å². The number of hydrogen-bond donors (Lipinski definition) is 3. The number of amides is 2. The summed E-state index contributed by atoms with van der Waals surface area (Å²) in [5, 5.41) is 16.5. The molecule has 2 rings (SSSR count). The number of aromatic hydroxyl groups is 1. The fourth-order valence-corrected chi connectivity index (χ4v) is 2.24. The van der Waals surface area contributed by atoms with Gasteiger partial charge in [0.15, 0.2) is 6.61 Å². The molecule has 0 aromatic heterocycles. The fraction of sp³-hybridized carbons (Fsp3) is 0.294. The summed E-state index contributed by atoms with van der Waals surface area (Å²) in [4.78, 5) is 23.7. The lowest BCUT2D eigenvalue weighted by atomic mass is 10.0. The summed E-state index contributed by atoms with van der Waals surface area (Å²) in [7, 11) is 3.02. The second-order valence-corrected chi connectivity index (χ2v) is 5.03. The number of benzene rings is 2. The monoisotopic (exact) mass is 332 g/mol. The van der Waals surface area contributed by atoms with Gasteiger partial charge in [-0.1, -0.05) is 24.3 Å². The van der Waals surface area contributed by atoms with Gasteiger partial charge in [0.25, 0.3) is 11.8 Å². The van der Waals surface area contributed by atoms with E-state index in [1.54, 1.807) is 31.4 Å². The van der Waals surface area contributed by atoms with Crippen LogP contribution in [0.3, 0.4) is 0 Å². The van der Waals surface area contributed by atoms with Crippen molar-refractivity contribution in [3.8, 4) is 11.5 Å². The third kappa shape index (κ3) is 3.94. The van der Waals surface area contributed by atoms with E-state index in [1.807, 2.05) is 0 Å². The van der Waals surface area contributed by atoms with E-state index in [-0.39, 0.29) is 23.8 Å². The molecule has 0 radical (unpaired) electrons. The van der Waals surface area contributed by atoms with Crippen molar-refractivity contribution in [3.63, 3.8) is 0 Å². The van der Waals surface area contributed by atoms with E-state index in [1.165, 1.54) is 13.1 Å². The second kappa shape index (κ2) is 8.16. The minimum absolute atomic E-state index is 0.0889. The number of phenolic OH excluding ortho intramolecular Hbond substituents is 1. The fourth-order valence-electron chi connectivity index (χ4n) is 2.24. The van der Waals surface area contributed by atoms with Crippen LogP contribution in [0.1, 0.15) is 10.4 Å². The molecule has 0 bridgehead atoms. The van der Waals surface area contributed by atoms with Crippen LogP contribution in [-0.2, 0) is 9.53 Å². The highest BCUT2D eigenvalue weighted by atomic mass is 16.5. The van der Waals surface area contributed by atoms with Gasteiger partial charge in [0.05, 0.1) is 12.2 Å².